The molecule has 0 unspecified atom stereocenters. The average molecular weight is 294 g/mol. The van der Waals surface area contributed by atoms with Crippen LogP contribution in [0.5, 0.6) is 0 Å². The van der Waals surface area contributed by atoms with Gasteiger partial charge in [-0.3, -0.25) is 19.7 Å². The minimum absolute atomic E-state index is 0.0291. The van der Waals surface area contributed by atoms with Crippen molar-refractivity contribution in [3.05, 3.63) is 12.7 Å². The van der Waals surface area contributed by atoms with Gasteiger partial charge in [-0.05, 0) is 6.92 Å². The number of carbonyl (C=O) groups excluding carboxylic acids is 4. The molecule has 1 spiro atoms. The molecular formula is C13H18N4O4. The summed E-state index contributed by atoms with van der Waals surface area (Å²) in [4.78, 5) is 50.4. The Balaban J connectivity index is 2.40. The normalized spacial score (nSPS) is 28.2. The molecule has 2 atom stereocenters. The van der Waals surface area contributed by atoms with E-state index in [0.29, 0.717) is 0 Å². The van der Waals surface area contributed by atoms with Gasteiger partial charge in [0.25, 0.3) is 5.91 Å². The second-order valence-corrected chi connectivity index (χ2v) is 5.25. The van der Waals surface area contributed by atoms with E-state index in [1.54, 1.807) is 0 Å². The van der Waals surface area contributed by atoms with E-state index >= 15 is 0 Å². The number of rotatable bonds is 4. The second-order valence-electron chi connectivity index (χ2n) is 5.25. The maximum atomic E-state index is 12.2. The van der Waals surface area contributed by atoms with E-state index in [1.165, 1.54) is 22.8 Å². The molecule has 0 radical (unpaired) electrons. The zero-order valence-corrected chi connectivity index (χ0v) is 11.8. The van der Waals surface area contributed by atoms with Gasteiger partial charge in [-0.15, -0.1) is 6.58 Å². The van der Waals surface area contributed by atoms with Crippen molar-refractivity contribution in [1.82, 2.24) is 15.1 Å². The summed E-state index contributed by atoms with van der Waals surface area (Å²) in [6.07, 6.45) is 1.58. The van der Waals surface area contributed by atoms with Gasteiger partial charge < -0.3 is 15.5 Å². The number of hydrogen-bond donors (Lipinski definition) is 2. The number of ketones is 1. The first-order valence-electron chi connectivity index (χ1n) is 6.61. The predicted octanol–water partition coefficient (Wildman–Crippen LogP) is -1.39. The summed E-state index contributed by atoms with van der Waals surface area (Å²) >= 11 is 0. The van der Waals surface area contributed by atoms with E-state index in [4.69, 9.17) is 5.73 Å². The van der Waals surface area contributed by atoms with Crippen LogP contribution < -0.4 is 11.1 Å². The summed E-state index contributed by atoms with van der Waals surface area (Å²) in [5.41, 5.74) is 4.14. The molecule has 0 saturated carbocycles. The molecular weight excluding hydrogens is 276 g/mol. The number of imide groups is 1. The van der Waals surface area contributed by atoms with E-state index in [2.05, 4.69) is 11.9 Å². The zero-order valence-electron chi connectivity index (χ0n) is 11.8. The smallest absolute Gasteiger partial charge is 0.325 e. The third kappa shape index (κ3) is 2.21. The minimum Gasteiger partial charge on any atom is -0.329 e. The second kappa shape index (κ2) is 5.28. The third-order valence-corrected chi connectivity index (χ3v) is 4.02. The van der Waals surface area contributed by atoms with Crippen LogP contribution in [0.4, 0.5) is 4.79 Å². The fourth-order valence-electron chi connectivity index (χ4n) is 2.97. The van der Waals surface area contributed by atoms with Crippen LogP contribution in [0.1, 0.15) is 13.3 Å². The van der Waals surface area contributed by atoms with Crippen molar-refractivity contribution in [3.8, 4) is 0 Å². The topological polar surface area (TPSA) is 113 Å². The molecule has 0 aromatic carbocycles. The first kappa shape index (κ1) is 15.2. The molecule has 2 heterocycles. The van der Waals surface area contributed by atoms with Gasteiger partial charge in [0.1, 0.15) is 5.54 Å². The van der Waals surface area contributed by atoms with Crippen molar-refractivity contribution in [2.75, 3.05) is 19.6 Å². The fourth-order valence-corrected chi connectivity index (χ4v) is 2.97. The Bertz CT molecular complexity index is 532. The van der Waals surface area contributed by atoms with Gasteiger partial charge in [0.05, 0.1) is 19.1 Å². The van der Waals surface area contributed by atoms with Crippen molar-refractivity contribution in [1.29, 1.82) is 0 Å². The molecule has 0 aromatic heterocycles. The number of nitrogens with two attached hydrogens (primary N) is 1. The Hall–Kier alpha value is -2.22. The van der Waals surface area contributed by atoms with Gasteiger partial charge in [0.2, 0.25) is 5.91 Å². The first-order chi connectivity index (χ1) is 9.87. The molecule has 8 heteroatoms. The van der Waals surface area contributed by atoms with Crippen LogP contribution in [0.2, 0.25) is 0 Å². The Morgan fingerprint density at radius 1 is 1.52 bits per heavy atom. The lowest BCUT2D eigenvalue weighted by Crippen LogP contribution is -2.52. The van der Waals surface area contributed by atoms with Crippen LogP contribution >= 0.6 is 0 Å². The van der Waals surface area contributed by atoms with Crippen LogP contribution in [0.3, 0.4) is 0 Å². The average Bonchev–Trinajstić information content (AvgIpc) is 2.94. The molecule has 2 aliphatic heterocycles. The lowest BCUT2D eigenvalue weighted by Gasteiger charge is -2.30. The summed E-state index contributed by atoms with van der Waals surface area (Å²) in [5.74, 6) is -1.15. The van der Waals surface area contributed by atoms with Crippen molar-refractivity contribution < 1.29 is 19.2 Å². The highest BCUT2D eigenvalue weighted by atomic mass is 16.2. The molecule has 2 saturated heterocycles. The summed E-state index contributed by atoms with van der Waals surface area (Å²) in [6.45, 7) is 4.79. The van der Waals surface area contributed by atoms with Crippen molar-refractivity contribution >= 4 is 23.6 Å². The van der Waals surface area contributed by atoms with Gasteiger partial charge in [0, 0.05) is 13.0 Å². The van der Waals surface area contributed by atoms with Crippen molar-refractivity contribution in [3.63, 3.8) is 0 Å². The molecule has 2 fully saturated rings. The van der Waals surface area contributed by atoms with Crippen LogP contribution in [0, 0.1) is 0 Å². The number of nitrogens with zero attached hydrogens (tertiary/aromatic N) is 2. The lowest BCUT2D eigenvalue weighted by atomic mass is 9.93. The van der Waals surface area contributed by atoms with Gasteiger partial charge in [-0.25, -0.2) is 4.79 Å². The van der Waals surface area contributed by atoms with Gasteiger partial charge in [0.15, 0.2) is 5.78 Å². The predicted molar refractivity (Wildman–Crippen MR) is 73.0 cm³/mol. The number of amides is 4. The molecule has 4 amide bonds. The van der Waals surface area contributed by atoms with Crippen LogP contribution in [0.25, 0.3) is 0 Å². The van der Waals surface area contributed by atoms with E-state index < -0.39 is 29.4 Å². The molecule has 8 nitrogen and oxygen atoms in total. The number of hydrogen-bond acceptors (Lipinski definition) is 5. The van der Waals surface area contributed by atoms with Gasteiger partial charge >= 0.3 is 6.03 Å². The standard InChI is InChI=1S/C13H18N4O4/c1-3-4-17-12(21)15-11(20)13(17)5-9(8(2)18)16(7-13)10(19)6-14/h3,9H,1,4-7,14H2,2H3,(H,15,20,21)/t9-,13-/m0/s1. The number of Topliss-reactive ketones (excluding diaryl/α,β-unsaturated/α-hetero) is 1. The number of urea groups is 1. The molecule has 2 rings (SSSR count). The fraction of sp³-hybridized carbons (Fsp3) is 0.538. The first-order valence-corrected chi connectivity index (χ1v) is 6.61. The molecule has 21 heavy (non-hydrogen) atoms. The summed E-state index contributed by atoms with van der Waals surface area (Å²) in [6, 6.07) is -1.28. The highest BCUT2D eigenvalue weighted by Crippen LogP contribution is 2.36. The molecule has 0 aromatic rings. The van der Waals surface area contributed by atoms with Crippen LogP contribution in [-0.2, 0) is 14.4 Å². The highest BCUT2D eigenvalue weighted by molar-refractivity contribution is 6.08. The molecule has 2 aliphatic rings. The largest absolute Gasteiger partial charge is 0.329 e. The Morgan fingerprint density at radius 2 is 2.19 bits per heavy atom. The Morgan fingerprint density at radius 3 is 2.71 bits per heavy atom. The highest BCUT2D eigenvalue weighted by Gasteiger charge is 2.60. The van der Waals surface area contributed by atoms with E-state index in [9.17, 15) is 19.2 Å². The maximum absolute atomic E-state index is 12.2. The molecule has 0 aliphatic carbocycles. The lowest BCUT2D eigenvalue weighted by molar-refractivity contribution is -0.136. The zero-order chi connectivity index (χ0) is 15.8. The number of nitrogens with one attached hydrogen (secondary N) is 1. The maximum Gasteiger partial charge on any atom is 0.325 e. The summed E-state index contributed by atoms with van der Waals surface area (Å²) in [5, 5.41) is 2.24. The Labute approximate surface area is 121 Å². The van der Waals surface area contributed by atoms with E-state index in [1.807, 2.05) is 0 Å². The quantitative estimate of drug-likeness (QED) is 0.490. The van der Waals surface area contributed by atoms with Crippen molar-refractivity contribution in [2.24, 2.45) is 5.73 Å². The van der Waals surface area contributed by atoms with E-state index in [-0.39, 0.29) is 31.8 Å². The summed E-state index contributed by atoms with van der Waals surface area (Å²) in [7, 11) is 0. The SMILES string of the molecule is C=CCN1C(=O)NC(=O)[C@@]12C[C@@H](C(C)=O)N(C(=O)CN)C2. The number of likely N-dealkylation sites (tertiary alicyclic amines) is 1. The molecule has 3 N–H and O–H groups in total. The number of carbonyl (C=O) groups is 4. The Kier molecular flexibility index (Phi) is 3.82. The van der Waals surface area contributed by atoms with Gasteiger partial charge in [-0.2, -0.15) is 0 Å². The van der Waals surface area contributed by atoms with E-state index in [0.717, 1.165) is 0 Å². The minimum atomic E-state index is -1.22. The molecule has 114 valence electrons. The molecule has 0 bridgehead atoms. The van der Waals surface area contributed by atoms with Crippen LogP contribution in [-0.4, -0.2) is 64.6 Å². The third-order valence-electron chi connectivity index (χ3n) is 4.02. The van der Waals surface area contributed by atoms with Gasteiger partial charge in [-0.1, -0.05) is 6.08 Å². The summed E-state index contributed by atoms with van der Waals surface area (Å²) < 4.78 is 0. The van der Waals surface area contributed by atoms with Crippen molar-refractivity contribution in [2.45, 2.75) is 24.9 Å². The monoisotopic (exact) mass is 294 g/mol. The van der Waals surface area contributed by atoms with Crippen LogP contribution in [0.15, 0.2) is 12.7 Å².